The van der Waals surface area contributed by atoms with Gasteiger partial charge in [-0.15, -0.1) is 0 Å². The first kappa shape index (κ1) is 12.2. The van der Waals surface area contributed by atoms with Gasteiger partial charge in [0.15, 0.2) is 9.84 Å². The van der Waals surface area contributed by atoms with Crippen molar-refractivity contribution in [1.82, 2.24) is 5.32 Å². The standard InChI is InChI=1S/C14H19NO2S/c1-10(8-11-6-7-11)15-13-9-18(16,17)14-5-3-2-4-12(13)14/h2-5,10-11,13,15H,6-9H2,1H3. The Labute approximate surface area is 109 Å². The summed E-state index contributed by atoms with van der Waals surface area (Å²) in [5, 5.41) is 3.48. The molecule has 0 aromatic heterocycles. The molecule has 2 aliphatic rings. The van der Waals surface area contributed by atoms with Gasteiger partial charge in [0.25, 0.3) is 0 Å². The van der Waals surface area contributed by atoms with Gasteiger partial charge < -0.3 is 5.32 Å². The lowest BCUT2D eigenvalue weighted by molar-refractivity contribution is 0.441. The van der Waals surface area contributed by atoms with Crippen molar-refractivity contribution in [1.29, 1.82) is 0 Å². The number of nitrogens with one attached hydrogen (secondary N) is 1. The molecule has 1 aliphatic heterocycles. The van der Waals surface area contributed by atoms with Gasteiger partial charge in [0.2, 0.25) is 0 Å². The molecule has 0 amide bonds. The minimum atomic E-state index is -3.08. The fraction of sp³-hybridized carbons (Fsp3) is 0.571. The molecule has 0 saturated heterocycles. The number of hydrogen-bond acceptors (Lipinski definition) is 3. The zero-order valence-corrected chi connectivity index (χ0v) is 11.4. The molecule has 98 valence electrons. The molecule has 18 heavy (non-hydrogen) atoms. The first-order chi connectivity index (χ1) is 8.56. The van der Waals surface area contributed by atoms with Gasteiger partial charge in [0, 0.05) is 12.1 Å². The lowest BCUT2D eigenvalue weighted by atomic mass is 10.1. The van der Waals surface area contributed by atoms with E-state index >= 15 is 0 Å². The Balaban J connectivity index is 1.78. The second kappa shape index (κ2) is 4.35. The normalized spacial score (nSPS) is 26.8. The highest BCUT2D eigenvalue weighted by molar-refractivity contribution is 7.91. The van der Waals surface area contributed by atoms with E-state index in [1.165, 1.54) is 19.3 Å². The SMILES string of the molecule is CC(CC1CC1)NC1CS(=O)(=O)c2ccccc21. The van der Waals surface area contributed by atoms with Crippen LogP contribution in [0.3, 0.4) is 0 Å². The van der Waals surface area contributed by atoms with Crippen molar-refractivity contribution >= 4 is 9.84 Å². The third-order valence-corrected chi connectivity index (χ3v) is 5.70. The minimum absolute atomic E-state index is 0.0278. The lowest BCUT2D eigenvalue weighted by Crippen LogP contribution is -2.31. The van der Waals surface area contributed by atoms with Crippen LogP contribution in [0.25, 0.3) is 0 Å². The monoisotopic (exact) mass is 265 g/mol. The van der Waals surface area contributed by atoms with Crippen molar-refractivity contribution < 1.29 is 8.42 Å². The summed E-state index contributed by atoms with van der Waals surface area (Å²) in [7, 11) is -3.08. The van der Waals surface area contributed by atoms with Crippen LogP contribution in [-0.2, 0) is 9.84 Å². The third-order valence-electron chi connectivity index (χ3n) is 3.89. The Morgan fingerprint density at radius 3 is 2.78 bits per heavy atom. The molecule has 3 nitrogen and oxygen atoms in total. The summed E-state index contributed by atoms with van der Waals surface area (Å²) in [6, 6.07) is 7.73. The van der Waals surface area contributed by atoms with Gasteiger partial charge in [-0.3, -0.25) is 0 Å². The van der Waals surface area contributed by atoms with Crippen molar-refractivity contribution in [2.45, 2.75) is 43.2 Å². The molecule has 1 fully saturated rings. The fourth-order valence-corrected chi connectivity index (χ4v) is 4.60. The molecule has 2 unspecified atom stereocenters. The molecule has 2 atom stereocenters. The summed E-state index contributed by atoms with van der Waals surface area (Å²) in [5.41, 5.74) is 0.945. The molecule has 1 saturated carbocycles. The Hall–Kier alpha value is -0.870. The maximum Gasteiger partial charge on any atom is 0.180 e. The summed E-state index contributed by atoms with van der Waals surface area (Å²) in [6.07, 6.45) is 3.84. The van der Waals surface area contributed by atoms with E-state index in [1.54, 1.807) is 12.1 Å². The summed E-state index contributed by atoms with van der Waals surface area (Å²) in [4.78, 5) is 0.515. The Kier molecular flexibility index (Phi) is 2.94. The van der Waals surface area contributed by atoms with Crippen LogP contribution in [0.2, 0.25) is 0 Å². The van der Waals surface area contributed by atoms with Gasteiger partial charge in [0.1, 0.15) is 0 Å². The van der Waals surface area contributed by atoms with E-state index in [4.69, 9.17) is 0 Å². The summed E-state index contributed by atoms with van der Waals surface area (Å²) >= 11 is 0. The molecule has 1 heterocycles. The van der Waals surface area contributed by atoms with Crippen molar-refractivity contribution in [3.63, 3.8) is 0 Å². The quantitative estimate of drug-likeness (QED) is 0.908. The molecule has 4 heteroatoms. The molecular weight excluding hydrogens is 246 g/mol. The predicted molar refractivity (Wildman–Crippen MR) is 71.2 cm³/mol. The summed E-state index contributed by atoms with van der Waals surface area (Å²) in [5.74, 6) is 1.07. The molecule has 1 aromatic rings. The van der Waals surface area contributed by atoms with Crippen LogP contribution in [0.15, 0.2) is 29.2 Å². The van der Waals surface area contributed by atoms with Crippen molar-refractivity contribution in [2.75, 3.05) is 5.75 Å². The highest BCUT2D eigenvalue weighted by Crippen LogP contribution is 2.36. The number of benzene rings is 1. The summed E-state index contributed by atoms with van der Waals surface area (Å²) in [6.45, 7) is 2.16. The van der Waals surface area contributed by atoms with E-state index in [0.717, 1.165) is 11.5 Å². The maximum atomic E-state index is 12.0. The Morgan fingerprint density at radius 2 is 2.06 bits per heavy atom. The minimum Gasteiger partial charge on any atom is -0.306 e. The fourth-order valence-electron chi connectivity index (χ4n) is 2.85. The predicted octanol–water partition coefficient (Wildman–Crippen LogP) is 2.29. The molecule has 0 bridgehead atoms. The second-order valence-corrected chi connectivity index (χ2v) is 7.62. The first-order valence-electron chi connectivity index (χ1n) is 6.64. The van der Waals surface area contributed by atoms with Crippen LogP contribution >= 0.6 is 0 Å². The molecule has 1 N–H and O–H groups in total. The van der Waals surface area contributed by atoms with Gasteiger partial charge in [-0.25, -0.2) is 8.42 Å². The van der Waals surface area contributed by atoms with Crippen molar-refractivity contribution in [2.24, 2.45) is 5.92 Å². The van der Waals surface area contributed by atoms with Crippen LogP contribution in [0.4, 0.5) is 0 Å². The van der Waals surface area contributed by atoms with Crippen molar-refractivity contribution in [3.8, 4) is 0 Å². The lowest BCUT2D eigenvalue weighted by Gasteiger charge is -2.19. The van der Waals surface area contributed by atoms with Gasteiger partial charge in [-0.05, 0) is 30.9 Å². The van der Waals surface area contributed by atoms with Gasteiger partial charge in [-0.1, -0.05) is 31.0 Å². The number of rotatable bonds is 4. The van der Waals surface area contributed by atoms with Crippen LogP contribution in [0.5, 0.6) is 0 Å². The van der Waals surface area contributed by atoms with Crippen LogP contribution in [-0.4, -0.2) is 20.2 Å². The molecule has 3 rings (SSSR count). The maximum absolute atomic E-state index is 12.0. The van der Waals surface area contributed by atoms with Crippen LogP contribution < -0.4 is 5.32 Å². The van der Waals surface area contributed by atoms with Gasteiger partial charge in [0.05, 0.1) is 10.6 Å². The highest BCUT2D eigenvalue weighted by Gasteiger charge is 2.35. The molecular formula is C14H19NO2S. The number of hydrogen-bond donors (Lipinski definition) is 1. The zero-order valence-electron chi connectivity index (χ0n) is 10.6. The molecule has 0 radical (unpaired) electrons. The average Bonchev–Trinajstić information content (AvgIpc) is 3.07. The number of fused-ring (bicyclic) bond motifs is 1. The van der Waals surface area contributed by atoms with E-state index in [2.05, 4.69) is 12.2 Å². The summed E-state index contributed by atoms with van der Waals surface area (Å²) < 4.78 is 24.1. The van der Waals surface area contributed by atoms with E-state index in [1.807, 2.05) is 12.1 Å². The van der Waals surface area contributed by atoms with Gasteiger partial charge in [-0.2, -0.15) is 0 Å². The average molecular weight is 265 g/mol. The van der Waals surface area contributed by atoms with Crippen LogP contribution in [0, 0.1) is 5.92 Å². The second-order valence-electron chi connectivity index (χ2n) is 5.62. The highest BCUT2D eigenvalue weighted by atomic mass is 32.2. The zero-order chi connectivity index (χ0) is 12.8. The molecule has 1 aliphatic carbocycles. The van der Waals surface area contributed by atoms with E-state index in [0.29, 0.717) is 10.9 Å². The van der Waals surface area contributed by atoms with Gasteiger partial charge >= 0.3 is 0 Å². The van der Waals surface area contributed by atoms with E-state index in [9.17, 15) is 8.42 Å². The smallest absolute Gasteiger partial charge is 0.180 e. The largest absolute Gasteiger partial charge is 0.306 e. The van der Waals surface area contributed by atoms with E-state index in [-0.39, 0.29) is 11.8 Å². The Morgan fingerprint density at radius 1 is 1.33 bits per heavy atom. The molecule has 1 aromatic carbocycles. The number of sulfone groups is 1. The van der Waals surface area contributed by atoms with Crippen molar-refractivity contribution in [3.05, 3.63) is 29.8 Å². The first-order valence-corrected chi connectivity index (χ1v) is 8.29. The Bertz CT molecular complexity index is 549. The van der Waals surface area contributed by atoms with E-state index < -0.39 is 9.84 Å². The van der Waals surface area contributed by atoms with Crippen LogP contribution in [0.1, 0.15) is 37.8 Å². The topological polar surface area (TPSA) is 46.2 Å². The third kappa shape index (κ3) is 2.31. The molecule has 0 spiro atoms.